The minimum absolute atomic E-state index is 0.00620. The molecule has 3 fully saturated rings. The molecule has 2 aliphatic heterocycles. The number of pyridine rings is 2. The number of hydrogen-bond acceptors (Lipinski definition) is 5. The van der Waals surface area contributed by atoms with Crippen molar-refractivity contribution in [3.8, 4) is 5.75 Å². The number of carbonyl (C=O) groups excluding carboxylic acids is 1. The molecule has 1 N–H and O–H groups in total. The molecule has 7 nitrogen and oxygen atoms in total. The number of nitrogens with one attached hydrogen (secondary N) is 1. The number of aromatic nitrogens is 3. The second kappa shape index (κ2) is 6.54. The van der Waals surface area contributed by atoms with Crippen LogP contribution in [0.3, 0.4) is 0 Å². The molecule has 156 valence electrons. The zero-order chi connectivity index (χ0) is 21.1. The number of ether oxygens (including phenoxy) is 2. The van der Waals surface area contributed by atoms with Crippen LogP contribution < -0.4 is 10.1 Å². The molecule has 30 heavy (non-hydrogen) atoms. The Balaban J connectivity index is 1.52. The first kappa shape index (κ1) is 19.1. The van der Waals surface area contributed by atoms with Gasteiger partial charge in [-0.3, -0.25) is 4.79 Å². The first-order valence-corrected chi connectivity index (χ1v) is 10.3. The van der Waals surface area contributed by atoms with Crippen LogP contribution in [0.4, 0.5) is 5.82 Å². The predicted molar refractivity (Wildman–Crippen MR) is 113 cm³/mol. The molecule has 0 atom stereocenters. The van der Waals surface area contributed by atoms with Gasteiger partial charge in [-0.15, -0.1) is 0 Å². The van der Waals surface area contributed by atoms with Gasteiger partial charge in [0, 0.05) is 29.6 Å². The van der Waals surface area contributed by atoms with Crippen LogP contribution in [0.5, 0.6) is 5.75 Å². The van der Waals surface area contributed by atoms with Crippen LogP contribution in [0, 0.1) is 6.92 Å². The molecule has 1 saturated carbocycles. The van der Waals surface area contributed by atoms with Gasteiger partial charge in [0.05, 0.1) is 29.6 Å². The van der Waals surface area contributed by atoms with Gasteiger partial charge >= 0.3 is 0 Å². The average Bonchev–Trinajstić information content (AvgIpc) is 3.31. The van der Waals surface area contributed by atoms with Crippen molar-refractivity contribution >= 4 is 17.4 Å². The smallest absolute Gasteiger partial charge is 0.262 e. The first-order chi connectivity index (χ1) is 14.3. The van der Waals surface area contributed by atoms with Gasteiger partial charge in [0.2, 0.25) is 0 Å². The summed E-state index contributed by atoms with van der Waals surface area (Å²) in [4.78, 5) is 22.3. The Kier molecular flexibility index (Phi) is 4.15. The van der Waals surface area contributed by atoms with Crippen molar-refractivity contribution in [2.24, 2.45) is 0 Å². The van der Waals surface area contributed by atoms with Crippen molar-refractivity contribution in [2.75, 3.05) is 11.9 Å². The fourth-order valence-electron chi connectivity index (χ4n) is 4.74. The summed E-state index contributed by atoms with van der Waals surface area (Å²) >= 11 is 0. The van der Waals surface area contributed by atoms with Crippen molar-refractivity contribution < 1.29 is 14.3 Å². The van der Waals surface area contributed by atoms with Gasteiger partial charge in [0.1, 0.15) is 17.2 Å². The summed E-state index contributed by atoms with van der Waals surface area (Å²) in [6.07, 6.45) is 5.72. The van der Waals surface area contributed by atoms with E-state index >= 15 is 0 Å². The second-order valence-corrected chi connectivity index (χ2v) is 9.10. The van der Waals surface area contributed by atoms with Crippen molar-refractivity contribution in [1.82, 2.24) is 14.4 Å². The van der Waals surface area contributed by atoms with E-state index < -0.39 is 0 Å². The SMILES string of the molecule is Cc1cccc(NC(=O)c2cn3cc(C45COC(C)(C4)C5)nc3cc2OC(C)C)n1. The van der Waals surface area contributed by atoms with Crippen LogP contribution in [0.2, 0.25) is 0 Å². The van der Waals surface area contributed by atoms with Crippen LogP contribution in [-0.2, 0) is 10.2 Å². The molecule has 0 unspecified atom stereocenters. The van der Waals surface area contributed by atoms with E-state index in [0.717, 1.165) is 29.9 Å². The minimum atomic E-state index is -0.264. The zero-order valence-corrected chi connectivity index (χ0v) is 17.7. The molecule has 0 aromatic carbocycles. The average molecular weight is 406 g/mol. The molecule has 0 radical (unpaired) electrons. The monoisotopic (exact) mass is 406 g/mol. The molecule has 3 aromatic rings. The molecule has 2 saturated heterocycles. The molecular weight excluding hydrogens is 380 g/mol. The summed E-state index contributed by atoms with van der Waals surface area (Å²) < 4.78 is 13.8. The fourth-order valence-corrected chi connectivity index (χ4v) is 4.74. The number of nitrogens with zero attached hydrogens (tertiary/aromatic N) is 3. The zero-order valence-electron chi connectivity index (χ0n) is 17.7. The lowest BCUT2D eigenvalue weighted by Crippen LogP contribution is -2.45. The quantitative estimate of drug-likeness (QED) is 0.695. The van der Waals surface area contributed by atoms with E-state index in [9.17, 15) is 4.79 Å². The van der Waals surface area contributed by atoms with E-state index in [-0.39, 0.29) is 23.0 Å². The lowest BCUT2D eigenvalue weighted by molar-refractivity contribution is 0.0154. The maximum atomic E-state index is 13.1. The Morgan fingerprint density at radius 1 is 1.27 bits per heavy atom. The second-order valence-electron chi connectivity index (χ2n) is 9.10. The van der Waals surface area contributed by atoms with Crippen molar-refractivity contribution in [3.63, 3.8) is 0 Å². The van der Waals surface area contributed by atoms with Gasteiger partial charge in [-0.25, -0.2) is 9.97 Å². The molecule has 5 heterocycles. The number of hydrogen-bond donors (Lipinski definition) is 1. The standard InChI is InChI=1S/C23H26N4O3/c1-14(2)30-17-8-20-25-18(23-11-22(4,12-23)29-13-23)10-27(20)9-16(17)21(28)26-19-7-5-6-15(3)24-19/h5-10,14H,11-13H2,1-4H3,(H,24,26,28). The van der Waals surface area contributed by atoms with Gasteiger partial charge in [-0.05, 0) is 52.7 Å². The normalized spacial score (nSPS) is 24.8. The van der Waals surface area contributed by atoms with E-state index in [0.29, 0.717) is 23.7 Å². The summed E-state index contributed by atoms with van der Waals surface area (Å²) in [7, 11) is 0. The molecule has 6 rings (SSSR count). The Hall–Kier alpha value is -2.93. The van der Waals surface area contributed by atoms with Crippen LogP contribution in [0.15, 0.2) is 36.7 Å². The summed E-state index contributed by atoms with van der Waals surface area (Å²) in [6, 6.07) is 7.37. The molecule has 3 aromatic heterocycles. The van der Waals surface area contributed by atoms with Crippen molar-refractivity contribution in [2.45, 2.75) is 57.7 Å². The Bertz CT molecular complexity index is 1140. The predicted octanol–water partition coefficient (Wildman–Crippen LogP) is 3.90. The van der Waals surface area contributed by atoms with Gasteiger partial charge < -0.3 is 19.2 Å². The van der Waals surface area contributed by atoms with Gasteiger partial charge in [0.15, 0.2) is 0 Å². The molecule has 2 bridgehead atoms. The molecule has 7 heteroatoms. The summed E-state index contributed by atoms with van der Waals surface area (Å²) in [5, 5.41) is 2.88. The van der Waals surface area contributed by atoms with E-state index in [1.807, 2.05) is 49.6 Å². The number of aryl methyl sites for hydroxylation is 1. The van der Waals surface area contributed by atoms with E-state index in [1.54, 1.807) is 12.3 Å². The third kappa shape index (κ3) is 3.13. The summed E-state index contributed by atoms with van der Waals surface area (Å²) in [5.41, 5.74) is 3.06. The maximum absolute atomic E-state index is 13.1. The third-order valence-corrected chi connectivity index (χ3v) is 5.96. The number of fused-ring (bicyclic) bond motifs is 2. The Morgan fingerprint density at radius 3 is 2.73 bits per heavy atom. The molecule has 1 aliphatic carbocycles. The van der Waals surface area contributed by atoms with E-state index in [4.69, 9.17) is 14.5 Å². The molecule has 0 spiro atoms. The highest BCUT2D eigenvalue weighted by molar-refractivity contribution is 6.05. The largest absolute Gasteiger partial charge is 0.490 e. The van der Waals surface area contributed by atoms with Gasteiger partial charge in [0.25, 0.3) is 5.91 Å². The van der Waals surface area contributed by atoms with E-state index in [1.165, 1.54) is 0 Å². The van der Waals surface area contributed by atoms with Gasteiger partial charge in [-0.2, -0.15) is 0 Å². The summed E-state index contributed by atoms with van der Waals surface area (Å²) in [6.45, 7) is 8.63. The Labute approximate surface area is 175 Å². The number of anilines is 1. The highest BCUT2D eigenvalue weighted by Gasteiger charge is 2.61. The minimum Gasteiger partial charge on any atom is -0.490 e. The van der Waals surface area contributed by atoms with Crippen LogP contribution in [0.1, 0.15) is 55.4 Å². The molecule has 1 amide bonds. The lowest BCUT2D eigenvalue weighted by atomic mass is 9.62. The van der Waals surface area contributed by atoms with E-state index in [2.05, 4.69) is 17.2 Å². The Morgan fingerprint density at radius 2 is 2.07 bits per heavy atom. The topological polar surface area (TPSA) is 77.8 Å². The molecule has 3 aliphatic rings. The molecular formula is C23H26N4O3. The number of carbonyl (C=O) groups is 1. The van der Waals surface area contributed by atoms with Crippen LogP contribution in [0.25, 0.3) is 5.65 Å². The summed E-state index contributed by atoms with van der Waals surface area (Å²) in [5.74, 6) is 0.760. The fraction of sp³-hybridized carbons (Fsp3) is 0.435. The lowest BCUT2D eigenvalue weighted by Gasteiger charge is -2.41. The van der Waals surface area contributed by atoms with Crippen molar-refractivity contribution in [3.05, 3.63) is 53.6 Å². The number of imidazole rings is 1. The number of rotatable bonds is 5. The van der Waals surface area contributed by atoms with Crippen molar-refractivity contribution in [1.29, 1.82) is 0 Å². The maximum Gasteiger partial charge on any atom is 0.262 e. The van der Waals surface area contributed by atoms with Crippen LogP contribution in [-0.4, -0.2) is 38.6 Å². The number of amides is 1. The highest BCUT2D eigenvalue weighted by atomic mass is 16.5. The van der Waals surface area contributed by atoms with Crippen LogP contribution >= 0.6 is 0 Å². The third-order valence-electron chi connectivity index (χ3n) is 5.96. The van der Waals surface area contributed by atoms with Gasteiger partial charge in [-0.1, -0.05) is 6.07 Å². The first-order valence-electron chi connectivity index (χ1n) is 10.3. The highest BCUT2D eigenvalue weighted by Crippen LogP contribution is 2.58.